The molecule has 5 nitrogen and oxygen atoms in total. The third-order valence-electron chi connectivity index (χ3n) is 3.86. The molecule has 0 bridgehead atoms. The highest BCUT2D eigenvalue weighted by Gasteiger charge is 2.18. The van der Waals surface area contributed by atoms with Crippen LogP contribution in [0.25, 0.3) is 0 Å². The van der Waals surface area contributed by atoms with Crippen LogP contribution in [0.5, 0.6) is 11.5 Å². The van der Waals surface area contributed by atoms with Crippen LogP contribution >= 0.6 is 12.4 Å². The summed E-state index contributed by atoms with van der Waals surface area (Å²) in [7, 11) is 1.62. The monoisotopic (exact) mass is 372 g/mol. The van der Waals surface area contributed by atoms with Gasteiger partial charge in [-0.25, -0.2) is 0 Å². The number of rotatable bonds is 10. The van der Waals surface area contributed by atoms with E-state index in [1.165, 1.54) is 0 Å². The molecule has 3 N–H and O–H groups in total. The van der Waals surface area contributed by atoms with E-state index in [2.05, 4.69) is 26.1 Å². The maximum atomic E-state index is 12.2. The minimum atomic E-state index is -0.481. The molecule has 0 aromatic heterocycles. The molecular weight excluding hydrogens is 340 g/mol. The van der Waals surface area contributed by atoms with Gasteiger partial charge < -0.3 is 20.5 Å². The number of nitrogens with two attached hydrogens (primary N) is 1. The molecule has 0 saturated carbocycles. The Morgan fingerprint density at radius 1 is 1.24 bits per heavy atom. The summed E-state index contributed by atoms with van der Waals surface area (Å²) in [6, 6.07) is 5.11. The normalized spacial score (nSPS) is 12.9. The van der Waals surface area contributed by atoms with Crippen molar-refractivity contribution >= 4 is 18.3 Å². The standard InChI is InChI=1S/C19H32N2O3.ClH/c1-6-7-10-24-17-9-8-15(12-18(17)23-5)14(4)21-19(22)16(20)11-13(2)3;/h8-9,12-14,16H,6-7,10-11,20H2,1-5H3,(H,21,22);1H/t14?,16-;/m0./s1. The number of methoxy groups -OCH3 is 1. The zero-order valence-electron chi connectivity index (χ0n) is 16.0. The van der Waals surface area contributed by atoms with E-state index in [9.17, 15) is 4.79 Å². The van der Waals surface area contributed by atoms with Crippen LogP contribution in [0.2, 0.25) is 0 Å². The average molecular weight is 373 g/mol. The topological polar surface area (TPSA) is 73.6 Å². The maximum Gasteiger partial charge on any atom is 0.237 e. The third-order valence-corrected chi connectivity index (χ3v) is 3.86. The molecular formula is C19H33ClN2O3. The van der Waals surface area contributed by atoms with E-state index in [0.29, 0.717) is 24.7 Å². The molecule has 0 saturated heterocycles. The predicted molar refractivity (Wildman–Crippen MR) is 105 cm³/mol. The van der Waals surface area contributed by atoms with Crippen molar-refractivity contribution in [2.75, 3.05) is 13.7 Å². The van der Waals surface area contributed by atoms with Gasteiger partial charge in [-0.2, -0.15) is 0 Å². The lowest BCUT2D eigenvalue weighted by atomic mass is 10.0. The van der Waals surface area contributed by atoms with Gasteiger partial charge in [0.15, 0.2) is 11.5 Å². The van der Waals surface area contributed by atoms with Crippen molar-refractivity contribution in [3.05, 3.63) is 23.8 Å². The molecule has 2 atom stereocenters. The number of ether oxygens (including phenoxy) is 2. The molecule has 25 heavy (non-hydrogen) atoms. The number of halogens is 1. The molecule has 1 amide bonds. The Kier molecular flexibility index (Phi) is 11.3. The van der Waals surface area contributed by atoms with Crippen LogP contribution in [0.3, 0.4) is 0 Å². The van der Waals surface area contributed by atoms with Crippen LogP contribution in [-0.4, -0.2) is 25.7 Å². The quantitative estimate of drug-likeness (QED) is 0.612. The fourth-order valence-electron chi connectivity index (χ4n) is 2.42. The zero-order chi connectivity index (χ0) is 18.1. The largest absolute Gasteiger partial charge is 0.493 e. The summed E-state index contributed by atoms with van der Waals surface area (Å²) in [4.78, 5) is 12.2. The van der Waals surface area contributed by atoms with Crippen LogP contribution in [0.1, 0.15) is 58.6 Å². The summed E-state index contributed by atoms with van der Waals surface area (Å²) in [5, 5.41) is 2.96. The number of carbonyl (C=O) groups is 1. The Morgan fingerprint density at radius 3 is 2.48 bits per heavy atom. The Bertz CT molecular complexity index is 523. The van der Waals surface area contributed by atoms with Gasteiger partial charge in [-0.15, -0.1) is 12.4 Å². The Morgan fingerprint density at radius 2 is 1.92 bits per heavy atom. The average Bonchev–Trinajstić information content (AvgIpc) is 2.54. The van der Waals surface area contributed by atoms with Crippen LogP contribution in [0.4, 0.5) is 0 Å². The molecule has 0 fully saturated rings. The summed E-state index contributed by atoms with van der Waals surface area (Å²) >= 11 is 0. The van der Waals surface area contributed by atoms with Crippen molar-refractivity contribution in [2.24, 2.45) is 11.7 Å². The van der Waals surface area contributed by atoms with Gasteiger partial charge in [0.1, 0.15) is 0 Å². The van der Waals surface area contributed by atoms with Gasteiger partial charge in [-0.05, 0) is 43.4 Å². The van der Waals surface area contributed by atoms with E-state index >= 15 is 0 Å². The summed E-state index contributed by atoms with van der Waals surface area (Å²) in [5.74, 6) is 1.67. The van der Waals surface area contributed by atoms with Gasteiger partial charge in [-0.1, -0.05) is 33.3 Å². The molecule has 0 heterocycles. The van der Waals surface area contributed by atoms with Gasteiger partial charge in [0.25, 0.3) is 0 Å². The first-order valence-electron chi connectivity index (χ1n) is 8.75. The molecule has 0 aliphatic heterocycles. The fourth-order valence-corrected chi connectivity index (χ4v) is 2.42. The first-order chi connectivity index (χ1) is 11.4. The van der Waals surface area contributed by atoms with Crippen molar-refractivity contribution < 1.29 is 14.3 Å². The summed E-state index contributed by atoms with van der Waals surface area (Å²) in [6.45, 7) is 8.84. The summed E-state index contributed by atoms with van der Waals surface area (Å²) < 4.78 is 11.1. The van der Waals surface area contributed by atoms with E-state index in [0.717, 1.165) is 24.2 Å². The molecule has 6 heteroatoms. The fraction of sp³-hybridized carbons (Fsp3) is 0.632. The maximum absolute atomic E-state index is 12.2. The van der Waals surface area contributed by atoms with Crippen molar-refractivity contribution in [1.29, 1.82) is 0 Å². The SMILES string of the molecule is CCCCOc1ccc(C(C)NC(=O)[C@@H](N)CC(C)C)cc1OC.Cl. The second-order valence-electron chi connectivity index (χ2n) is 6.58. The smallest absolute Gasteiger partial charge is 0.237 e. The molecule has 1 aromatic carbocycles. The van der Waals surface area contributed by atoms with Crippen molar-refractivity contribution in [1.82, 2.24) is 5.32 Å². The van der Waals surface area contributed by atoms with Gasteiger partial charge in [0.05, 0.1) is 25.8 Å². The van der Waals surface area contributed by atoms with Crippen molar-refractivity contribution in [3.8, 4) is 11.5 Å². The van der Waals surface area contributed by atoms with Gasteiger partial charge >= 0.3 is 0 Å². The van der Waals surface area contributed by atoms with E-state index in [1.54, 1.807) is 7.11 Å². The minimum absolute atomic E-state index is 0. The molecule has 0 aliphatic rings. The lowest BCUT2D eigenvalue weighted by molar-refractivity contribution is -0.123. The van der Waals surface area contributed by atoms with E-state index in [4.69, 9.17) is 15.2 Å². The number of hydrogen-bond donors (Lipinski definition) is 2. The Balaban J connectivity index is 0.00000576. The molecule has 0 aliphatic carbocycles. The van der Waals surface area contributed by atoms with Gasteiger partial charge in [0.2, 0.25) is 5.91 Å². The minimum Gasteiger partial charge on any atom is -0.493 e. The second-order valence-corrected chi connectivity index (χ2v) is 6.58. The second kappa shape index (κ2) is 12.0. The first-order valence-corrected chi connectivity index (χ1v) is 8.75. The lowest BCUT2D eigenvalue weighted by Crippen LogP contribution is -2.42. The van der Waals surface area contributed by atoms with Crippen LogP contribution in [0, 0.1) is 5.92 Å². The number of unbranched alkanes of at least 4 members (excludes halogenated alkanes) is 1. The predicted octanol–water partition coefficient (Wildman–Crippen LogP) is 3.85. The summed E-state index contributed by atoms with van der Waals surface area (Å²) in [6.07, 6.45) is 2.76. The van der Waals surface area contributed by atoms with Crippen LogP contribution in [-0.2, 0) is 4.79 Å². The van der Waals surface area contributed by atoms with Crippen molar-refractivity contribution in [2.45, 2.75) is 59.0 Å². The Hall–Kier alpha value is -1.46. The number of benzene rings is 1. The number of hydrogen-bond acceptors (Lipinski definition) is 4. The molecule has 0 spiro atoms. The zero-order valence-corrected chi connectivity index (χ0v) is 16.8. The number of amides is 1. The lowest BCUT2D eigenvalue weighted by Gasteiger charge is -2.20. The van der Waals surface area contributed by atoms with Gasteiger partial charge in [0, 0.05) is 0 Å². The molecule has 0 radical (unpaired) electrons. The molecule has 1 unspecified atom stereocenters. The third kappa shape index (κ3) is 7.97. The van der Waals surface area contributed by atoms with E-state index < -0.39 is 6.04 Å². The van der Waals surface area contributed by atoms with Crippen LogP contribution in [0.15, 0.2) is 18.2 Å². The Labute approximate surface area is 158 Å². The van der Waals surface area contributed by atoms with Gasteiger partial charge in [-0.3, -0.25) is 4.79 Å². The van der Waals surface area contributed by atoms with E-state index in [-0.39, 0.29) is 24.4 Å². The molecule has 144 valence electrons. The number of carbonyl (C=O) groups excluding carboxylic acids is 1. The number of nitrogens with one attached hydrogen (secondary N) is 1. The van der Waals surface area contributed by atoms with Crippen molar-refractivity contribution in [3.63, 3.8) is 0 Å². The summed E-state index contributed by atoms with van der Waals surface area (Å²) in [5.41, 5.74) is 6.89. The first kappa shape index (κ1) is 23.5. The van der Waals surface area contributed by atoms with E-state index in [1.807, 2.05) is 25.1 Å². The molecule has 1 rings (SSSR count). The highest BCUT2D eigenvalue weighted by Crippen LogP contribution is 2.30. The van der Waals surface area contributed by atoms with Crippen LogP contribution < -0.4 is 20.5 Å². The highest BCUT2D eigenvalue weighted by molar-refractivity contribution is 5.85. The molecule has 1 aromatic rings. The highest BCUT2D eigenvalue weighted by atomic mass is 35.5.